The van der Waals surface area contributed by atoms with Crippen LogP contribution in [0.2, 0.25) is 0 Å². The van der Waals surface area contributed by atoms with Gasteiger partial charge in [0.25, 0.3) is 0 Å². The lowest BCUT2D eigenvalue weighted by Crippen LogP contribution is -2.09. The number of hydrogen-bond donors (Lipinski definition) is 0. The van der Waals surface area contributed by atoms with Gasteiger partial charge in [-0.15, -0.1) is 11.8 Å². The van der Waals surface area contributed by atoms with Crippen LogP contribution in [0, 0.1) is 0 Å². The summed E-state index contributed by atoms with van der Waals surface area (Å²) in [6.45, 7) is 2.33. The molecule has 1 heterocycles. The van der Waals surface area contributed by atoms with Crippen molar-refractivity contribution in [1.82, 2.24) is 0 Å². The third kappa shape index (κ3) is 1.40. The van der Waals surface area contributed by atoms with E-state index in [9.17, 15) is 4.79 Å². The highest BCUT2D eigenvalue weighted by atomic mass is 32.2. The van der Waals surface area contributed by atoms with Gasteiger partial charge in [0.2, 0.25) is 0 Å². The molecule has 0 aliphatic carbocycles. The molecule has 0 radical (unpaired) electrons. The molecule has 1 rings (SSSR count). The zero-order valence-electron chi connectivity index (χ0n) is 4.72. The molecule has 0 spiro atoms. The van der Waals surface area contributed by atoms with Crippen molar-refractivity contribution >= 4 is 17.7 Å². The van der Waals surface area contributed by atoms with E-state index < -0.39 is 0 Å². The van der Waals surface area contributed by atoms with Crippen molar-refractivity contribution in [2.24, 2.45) is 0 Å². The van der Waals surface area contributed by atoms with Gasteiger partial charge in [-0.05, 0) is 6.92 Å². The average Bonchev–Trinajstić information content (AvgIpc) is 2.45. The van der Waals surface area contributed by atoms with Crippen LogP contribution >= 0.6 is 11.8 Å². The molecule has 1 aliphatic rings. The van der Waals surface area contributed by atoms with E-state index in [0.29, 0.717) is 6.61 Å². The minimum absolute atomic E-state index is 0.0440. The molecule has 0 aromatic rings. The summed E-state index contributed by atoms with van der Waals surface area (Å²) in [7, 11) is 0. The highest BCUT2D eigenvalue weighted by molar-refractivity contribution is 8.07. The Kier molecular flexibility index (Phi) is 1.78. The van der Waals surface area contributed by atoms with Crippen LogP contribution in [0.3, 0.4) is 0 Å². The first-order chi connectivity index (χ1) is 3.84. The van der Waals surface area contributed by atoms with E-state index in [4.69, 9.17) is 4.74 Å². The predicted molar refractivity (Wildman–Crippen MR) is 32.9 cm³/mol. The Labute approximate surface area is 52.6 Å². The highest BCUT2D eigenvalue weighted by Gasteiger charge is 2.31. The summed E-state index contributed by atoms with van der Waals surface area (Å²) >= 11 is 1.64. The molecule has 2 nitrogen and oxygen atoms in total. The second kappa shape index (κ2) is 2.40. The van der Waals surface area contributed by atoms with Crippen molar-refractivity contribution in [2.45, 2.75) is 12.2 Å². The fourth-order valence-corrected chi connectivity index (χ4v) is 0.856. The molecule has 0 bridgehead atoms. The number of carbonyl (C=O) groups excluding carboxylic acids is 1. The minimum Gasteiger partial charge on any atom is -0.465 e. The summed E-state index contributed by atoms with van der Waals surface area (Å²) in [6, 6.07) is 0. The first-order valence-corrected chi connectivity index (χ1v) is 3.67. The second-order valence-electron chi connectivity index (χ2n) is 1.57. The molecular weight excluding hydrogens is 124 g/mol. The molecule has 0 N–H and O–H groups in total. The normalized spacial score (nSPS) is 24.9. The van der Waals surface area contributed by atoms with Gasteiger partial charge in [-0.1, -0.05) is 0 Å². The smallest absolute Gasteiger partial charge is 0.319 e. The van der Waals surface area contributed by atoms with Gasteiger partial charge in [0.05, 0.1) is 6.61 Å². The fourth-order valence-electron chi connectivity index (χ4n) is 0.419. The van der Waals surface area contributed by atoms with E-state index in [1.54, 1.807) is 11.8 Å². The van der Waals surface area contributed by atoms with E-state index in [0.717, 1.165) is 5.75 Å². The van der Waals surface area contributed by atoms with Crippen LogP contribution in [0.5, 0.6) is 0 Å². The fraction of sp³-hybridized carbons (Fsp3) is 0.800. The van der Waals surface area contributed by atoms with Crippen LogP contribution in [-0.2, 0) is 9.53 Å². The molecule has 1 saturated heterocycles. The van der Waals surface area contributed by atoms with Crippen LogP contribution in [-0.4, -0.2) is 23.6 Å². The lowest BCUT2D eigenvalue weighted by molar-refractivity contribution is -0.141. The van der Waals surface area contributed by atoms with Gasteiger partial charge < -0.3 is 4.74 Å². The largest absolute Gasteiger partial charge is 0.465 e. The summed E-state index contributed by atoms with van der Waals surface area (Å²) in [5.41, 5.74) is 0. The minimum atomic E-state index is -0.0440. The van der Waals surface area contributed by atoms with Crippen LogP contribution in [0.15, 0.2) is 0 Å². The first kappa shape index (κ1) is 5.95. The third-order valence-corrected chi connectivity index (χ3v) is 1.74. The third-order valence-electron chi connectivity index (χ3n) is 0.883. The molecule has 1 fully saturated rings. The molecule has 0 aromatic carbocycles. The van der Waals surface area contributed by atoms with Gasteiger partial charge in [-0.2, -0.15) is 0 Å². The second-order valence-corrected chi connectivity index (χ2v) is 2.81. The molecule has 1 aliphatic heterocycles. The molecule has 3 heteroatoms. The van der Waals surface area contributed by atoms with Crippen LogP contribution < -0.4 is 0 Å². The summed E-state index contributed by atoms with van der Waals surface area (Å²) in [4.78, 5) is 10.6. The highest BCUT2D eigenvalue weighted by Crippen LogP contribution is 2.30. The SMILES string of the molecule is CCOC(=O)[C@H]1CS1. The lowest BCUT2D eigenvalue weighted by atomic mass is 10.5. The molecule has 0 amide bonds. The van der Waals surface area contributed by atoms with Crippen LogP contribution in [0.4, 0.5) is 0 Å². The van der Waals surface area contributed by atoms with Gasteiger partial charge in [-0.3, -0.25) is 4.79 Å². The topological polar surface area (TPSA) is 26.3 Å². The molecular formula is C5H8O2S. The molecule has 0 aromatic heterocycles. The summed E-state index contributed by atoms with van der Waals surface area (Å²) in [5, 5.41) is 0.176. The van der Waals surface area contributed by atoms with Gasteiger partial charge in [0, 0.05) is 5.75 Å². The molecule has 0 unspecified atom stereocenters. The standard InChI is InChI=1S/C5H8O2S/c1-2-7-5(6)4-3-8-4/h4H,2-3H2,1H3/t4-/m1/s1. The predicted octanol–water partition coefficient (Wildman–Crippen LogP) is 0.665. The van der Waals surface area contributed by atoms with Crippen molar-refractivity contribution in [3.8, 4) is 0 Å². The number of carbonyl (C=O) groups is 1. The Balaban J connectivity index is 2.13. The summed E-state index contributed by atoms with van der Waals surface area (Å²) in [5.74, 6) is 0.913. The van der Waals surface area contributed by atoms with Gasteiger partial charge in [0.15, 0.2) is 0 Å². The number of thioether (sulfide) groups is 1. The first-order valence-electron chi connectivity index (χ1n) is 2.63. The monoisotopic (exact) mass is 132 g/mol. The van der Waals surface area contributed by atoms with E-state index in [1.165, 1.54) is 0 Å². The van der Waals surface area contributed by atoms with Crippen LogP contribution in [0.1, 0.15) is 6.92 Å². The molecule has 8 heavy (non-hydrogen) atoms. The average molecular weight is 132 g/mol. The number of ether oxygens (including phenoxy) is 1. The Morgan fingerprint density at radius 3 is 3.00 bits per heavy atom. The maximum atomic E-state index is 10.6. The molecule has 0 saturated carbocycles. The Morgan fingerprint density at radius 1 is 2.00 bits per heavy atom. The molecule has 46 valence electrons. The zero-order chi connectivity index (χ0) is 5.98. The van der Waals surface area contributed by atoms with E-state index >= 15 is 0 Å². The maximum Gasteiger partial charge on any atom is 0.319 e. The summed E-state index contributed by atoms with van der Waals surface area (Å²) < 4.78 is 4.71. The van der Waals surface area contributed by atoms with E-state index in [-0.39, 0.29) is 11.2 Å². The van der Waals surface area contributed by atoms with Crippen molar-refractivity contribution in [3.05, 3.63) is 0 Å². The Bertz CT molecular complexity index is 98.6. The number of esters is 1. The van der Waals surface area contributed by atoms with Crippen molar-refractivity contribution < 1.29 is 9.53 Å². The maximum absolute atomic E-state index is 10.6. The van der Waals surface area contributed by atoms with Crippen molar-refractivity contribution in [2.75, 3.05) is 12.4 Å². The number of hydrogen-bond acceptors (Lipinski definition) is 3. The van der Waals surface area contributed by atoms with Gasteiger partial charge >= 0.3 is 5.97 Å². The Hall–Kier alpha value is -0.180. The zero-order valence-corrected chi connectivity index (χ0v) is 5.53. The van der Waals surface area contributed by atoms with Gasteiger partial charge in [-0.25, -0.2) is 0 Å². The Morgan fingerprint density at radius 2 is 2.62 bits per heavy atom. The van der Waals surface area contributed by atoms with Crippen molar-refractivity contribution in [1.29, 1.82) is 0 Å². The lowest BCUT2D eigenvalue weighted by Gasteiger charge is -1.94. The van der Waals surface area contributed by atoms with Crippen molar-refractivity contribution in [3.63, 3.8) is 0 Å². The van der Waals surface area contributed by atoms with Gasteiger partial charge in [0.1, 0.15) is 5.25 Å². The number of rotatable bonds is 2. The quantitative estimate of drug-likeness (QED) is 0.408. The summed E-state index contributed by atoms with van der Waals surface area (Å²) in [6.07, 6.45) is 0. The van der Waals surface area contributed by atoms with E-state index in [2.05, 4.69) is 0 Å². The van der Waals surface area contributed by atoms with Crippen LogP contribution in [0.25, 0.3) is 0 Å². The van der Waals surface area contributed by atoms with E-state index in [1.807, 2.05) is 6.92 Å². The molecule has 1 atom stereocenters.